The van der Waals surface area contributed by atoms with Crippen molar-refractivity contribution in [2.24, 2.45) is 0 Å². The summed E-state index contributed by atoms with van der Waals surface area (Å²) in [5.74, 6) is 2.35. The van der Waals surface area contributed by atoms with Gasteiger partial charge in [0, 0.05) is 24.3 Å². The van der Waals surface area contributed by atoms with E-state index in [2.05, 4.69) is 53.6 Å². The van der Waals surface area contributed by atoms with Crippen LogP contribution in [0.3, 0.4) is 0 Å². The molecule has 0 atom stereocenters. The van der Waals surface area contributed by atoms with Crippen molar-refractivity contribution >= 4 is 6.09 Å². The van der Waals surface area contributed by atoms with Crippen LogP contribution in [0.1, 0.15) is 58.6 Å². The summed E-state index contributed by atoms with van der Waals surface area (Å²) in [6.07, 6.45) is 4.55. The van der Waals surface area contributed by atoms with E-state index < -0.39 is 5.60 Å². The van der Waals surface area contributed by atoms with Gasteiger partial charge >= 0.3 is 6.09 Å². The second-order valence-corrected chi connectivity index (χ2v) is 11.6. The molecule has 8 nitrogen and oxygen atoms in total. The van der Waals surface area contributed by atoms with E-state index in [0.29, 0.717) is 0 Å². The van der Waals surface area contributed by atoms with E-state index in [0.717, 1.165) is 35.8 Å². The Morgan fingerprint density at radius 1 is 0.775 bits per heavy atom. The van der Waals surface area contributed by atoms with Gasteiger partial charge in [-0.25, -0.2) is 4.79 Å². The van der Waals surface area contributed by atoms with Crippen LogP contribution in [0, 0.1) is 0 Å². The van der Waals surface area contributed by atoms with E-state index in [1.165, 1.54) is 11.1 Å². The van der Waals surface area contributed by atoms with Crippen molar-refractivity contribution in [1.82, 2.24) is 20.3 Å². The van der Waals surface area contributed by atoms with Gasteiger partial charge in [0.25, 0.3) is 0 Å². The lowest BCUT2D eigenvalue weighted by molar-refractivity contribution is 0.0363. The van der Waals surface area contributed by atoms with Gasteiger partial charge in [0.15, 0.2) is 0 Å². The molecule has 8 heteroatoms. The summed E-state index contributed by atoms with van der Waals surface area (Å²) in [4.78, 5) is 13.5. The molecule has 1 heterocycles. The summed E-state index contributed by atoms with van der Waals surface area (Å²) < 4.78 is 17.5. The van der Waals surface area contributed by atoms with E-state index in [1.807, 2.05) is 69.3 Å². The van der Waals surface area contributed by atoms with E-state index >= 15 is 0 Å². The molecule has 208 valence electrons. The highest BCUT2D eigenvalue weighted by molar-refractivity contribution is 5.68. The Morgan fingerprint density at radius 3 is 1.80 bits per heavy atom. The molecule has 5 rings (SSSR count). The lowest BCUT2D eigenvalue weighted by Gasteiger charge is -2.36. The molecular formula is C32H36N4O4. The Morgan fingerprint density at radius 2 is 1.27 bits per heavy atom. The van der Waals surface area contributed by atoms with Crippen LogP contribution in [-0.4, -0.2) is 38.8 Å². The second kappa shape index (κ2) is 11.0. The van der Waals surface area contributed by atoms with Crippen molar-refractivity contribution in [1.29, 1.82) is 0 Å². The number of aromatic nitrogens is 3. The van der Waals surface area contributed by atoms with Gasteiger partial charge in [0.2, 0.25) is 0 Å². The van der Waals surface area contributed by atoms with E-state index in [-0.39, 0.29) is 23.7 Å². The van der Waals surface area contributed by atoms with Crippen molar-refractivity contribution < 1.29 is 19.0 Å². The van der Waals surface area contributed by atoms with Crippen LogP contribution >= 0.6 is 0 Å². The maximum absolute atomic E-state index is 11.9. The molecule has 0 unspecified atom stereocenters. The number of nitrogens with zero attached hydrogens (tertiary/aromatic N) is 3. The summed E-state index contributed by atoms with van der Waals surface area (Å²) in [6.45, 7) is 9.99. The monoisotopic (exact) mass is 540 g/mol. The minimum Gasteiger partial charge on any atom is -0.490 e. The molecule has 0 aliphatic heterocycles. The van der Waals surface area contributed by atoms with Crippen LogP contribution in [-0.2, 0) is 10.2 Å². The Bertz CT molecular complexity index is 1400. The highest BCUT2D eigenvalue weighted by Crippen LogP contribution is 2.35. The highest BCUT2D eigenvalue weighted by Gasteiger charge is 2.33. The summed E-state index contributed by atoms with van der Waals surface area (Å²) >= 11 is 0. The zero-order valence-corrected chi connectivity index (χ0v) is 23.6. The molecule has 0 saturated heterocycles. The summed E-state index contributed by atoms with van der Waals surface area (Å²) in [5, 5.41) is 11.2. The summed E-state index contributed by atoms with van der Waals surface area (Å²) in [6, 6.07) is 24.2. The van der Waals surface area contributed by atoms with Crippen molar-refractivity contribution in [3.8, 4) is 22.9 Å². The van der Waals surface area contributed by atoms with Gasteiger partial charge < -0.3 is 19.5 Å². The Balaban J connectivity index is 1.13. The Hall–Kier alpha value is -4.33. The molecule has 1 amide bonds. The first-order valence-electron chi connectivity index (χ1n) is 13.6. The molecule has 1 aromatic heterocycles. The third-order valence-electron chi connectivity index (χ3n) is 6.99. The van der Waals surface area contributed by atoms with Crippen molar-refractivity contribution in [3.63, 3.8) is 0 Å². The molecule has 1 aliphatic rings. The molecule has 0 bridgehead atoms. The third kappa shape index (κ3) is 6.62. The minimum absolute atomic E-state index is 0.0868. The fourth-order valence-corrected chi connectivity index (χ4v) is 4.64. The number of rotatable bonds is 8. The summed E-state index contributed by atoms with van der Waals surface area (Å²) in [5.41, 5.74) is 2.55. The highest BCUT2D eigenvalue weighted by atomic mass is 16.6. The molecule has 4 aromatic rings. The van der Waals surface area contributed by atoms with Crippen molar-refractivity contribution in [3.05, 3.63) is 96.3 Å². The molecule has 1 aliphatic carbocycles. The SMILES string of the molecule is CC(C)(C)OC(=O)N[C@H]1C[C@H](Oc2ccc(C(C)(C)c3ccc(Oc4ccc(-n5nccn5)cc4)cc3)cc2)C1. The van der Waals surface area contributed by atoms with Crippen LogP contribution in [0.25, 0.3) is 5.69 Å². The number of carbonyl (C=O) groups is 1. The maximum atomic E-state index is 11.9. The van der Waals surface area contributed by atoms with E-state index in [9.17, 15) is 4.79 Å². The van der Waals surface area contributed by atoms with Gasteiger partial charge in [-0.1, -0.05) is 38.1 Å². The van der Waals surface area contributed by atoms with E-state index in [4.69, 9.17) is 14.2 Å². The van der Waals surface area contributed by atoms with Gasteiger partial charge in [-0.05, 0) is 80.4 Å². The number of carbonyl (C=O) groups excluding carboxylic acids is 1. The predicted octanol–water partition coefficient (Wildman–Crippen LogP) is 6.82. The predicted molar refractivity (Wildman–Crippen MR) is 153 cm³/mol. The molecule has 40 heavy (non-hydrogen) atoms. The number of amides is 1. The van der Waals surface area contributed by atoms with Crippen LogP contribution in [0.4, 0.5) is 4.79 Å². The minimum atomic E-state index is -0.498. The first-order valence-corrected chi connectivity index (χ1v) is 13.6. The average molecular weight is 541 g/mol. The maximum Gasteiger partial charge on any atom is 0.407 e. The molecule has 1 fully saturated rings. The largest absolute Gasteiger partial charge is 0.490 e. The molecule has 1 saturated carbocycles. The van der Waals surface area contributed by atoms with Gasteiger partial charge in [0.1, 0.15) is 29.0 Å². The zero-order valence-electron chi connectivity index (χ0n) is 23.6. The first kappa shape index (κ1) is 27.2. The molecule has 0 spiro atoms. The topological polar surface area (TPSA) is 87.5 Å². The fourth-order valence-electron chi connectivity index (χ4n) is 4.64. The second-order valence-electron chi connectivity index (χ2n) is 11.6. The summed E-state index contributed by atoms with van der Waals surface area (Å²) in [7, 11) is 0. The smallest absolute Gasteiger partial charge is 0.407 e. The molecule has 0 radical (unpaired) electrons. The Kier molecular flexibility index (Phi) is 7.52. The van der Waals surface area contributed by atoms with Gasteiger partial charge in [0.05, 0.1) is 18.1 Å². The fraction of sp³-hybridized carbons (Fsp3) is 0.344. The quantitative estimate of drug-likeness (QED) is 0.264. The van der Waals surface area contributed by atoms with E-state index in [1.54, 1.807) is 17.2 Å². The van der Waals surface area contributed by atoms with Gasteiger partial charge in [-0.3, -0.25) is 0 Å². The molecule has 3 aromatic carbocycles. The average Bonchev–Trinajstić information content (AvgIpc) is 3.43. The first-order chi connectivity index (χ1) is 19.0. The lowest BCUT2D eigenvalue weighted by Crippen LogP contribution is -2.50. The normalized spacial score (nSPS) is 17.0. The number of alkyl carbamates (subject to hydrolysis) is 1. The van der Waals surface area contributed by atoms with Crippen LogP contribution in [0.2, 0.25) is 0 Å². The lowest BCUT2D eigenvalue weighted by atomic mass is 9.78. The Labute approximate surface area is 235 Å². The van der Waals surface area contributed by atoms with Crippen LogP contribution < -0.4 is 14.8 Å². The standard InChI is InChI=1S/C32H36N4O4/c1-31(2,3)40-30(37)35-24-20-29(21-24)39-27-14-8-23(9-15-27)32(4,5)22-6-12-26(13-7-22)38-28-16-10-25(11-17-28)36-33-18-19-34-36/h6-19,24,29H,20-21H2,1-5H3,(H,35,37)/t24-,29-. The number of ether oxygens (including phenoxy) is 3. The van der Waals surface area contributed by atoms with Crippen molar-refractivity contribution in [2.75, 3.05) is 0 Å². The number of hydrogen-bond acceptors (Lipinski definition) is 6. The number of benzene rings is 3. The van der Waals surface area contributed by atoms with Crippen LogP contribution in [0.5, 0.6) is 17.2 Å². The van der Waals surface area contributed by atoms with Crippen molar-refractivity contribution in [2.45, 2.75) is 70.6 Å². The number of hydrogen-bond donors (Lipinski definition) is 1. The number of nitrogens with one attached hydrogen (secondary N) is 1. The zero-order chi connectivity index (χ0) is 28.3. The van der Waals surface area contributed by atoms with Crippen LogP contribution in [0.15, 0.2) is 85.2 Å². The molecule has 1 N–H and O–H groups in total. The van der Waals surface area contributed by atoms with Gasteiger partial charge in [-0.15, -0.1) is 0 Å². The van der Waals surface area contributed by atoms with Gasteiger partial charge in [-0.2, -0.15) is 15.0 Å². The molecular weight excluding hydrogens is 504 g/mol. The third-order valence-corrected chi connectivity index (χ3v) is 6.99.